The number of aromatic nitrogens is 1. The molecule has 10 heteroatoms. The summed E-state index contributed by atoms with van der Waals surface area (Å²) in [5, 5.41) is -2.10. The van der Waals surface area contributed by atoms with Gasteiger partial charge >= 0.3 is 0 Å². The van der Waals surface area contributed by atoms with Gasteiger partial charge in [0, 0.05) is 10.6 Å². The first-order chi connectivity index (χ1) is 13.0. The van der Waals surface area contributed by atoms with E-state index in [1.165, 1.54) is 50.2 Å². The van der Waals surface area contributed by atoms with Crippen molar-refractivity contribution >= 4 is 31.3 Å². The minimum absolute atomic E-state index is 0.184. The second-order valence-electron chi connectivity index (χ2n) is 6.17. The molecule has 0 spiro atoms. The summed E-state index contributed by atoms with van der Waals surface area (Å²) < 4.78 is 70.0. The van der Waals surface area contributed by atoms with Crippen molar-refractivity contribution < 1.29 is 25.6 Å². The number of benzene rings is 2. The predicted molar refractivity (Wildman–Crippen MR) is 101 cm³/mol. The fraction of sp³-hybridized carbons (Fsp3) is 0.167. The van der Waals surface area contributed by atoms with Crippen molar-refractivity contribution in [1.29, 1.82) is 0 Å². The number of sulfone groups is 2. The molecule has 1 heterocycles. The maximum Gasteiger partial charge on any atom is 0.258 e. The van der Waals surface area contributed by atoms with Crippen LogP contribution in [0.4, 0.5) is 4.39 Å². The van der Waals surface area contributed by atoms with Crippen molar-refractivity contribution in [2.45, 2.75) is 34.1 Å². The van der Waals surface area contributed by atoms with E-state index in [2.05, 4.69) is 4.98 Å². The second kappa shape index (κ2) is 7.31. The molecular formula is C18H15ClFNO5S2. The van der Waals surface area contributed by atoms with Crippen LogP contribution in [0.5, 0.6) is 0 Å². The van der Waals surface area contributed by atoms with Crippen LogP contribution in [0.25, 0.3) is 11.5 Å². The van der Waals surface area contributed by atoms with Gasteiger partial charge in [0.1, 0.15) is 5.82 Å². The molecule has 0 saturated heterocycles. The van der Waals surface area contributed by atoms with Crippen molar-refractivity contribution in [3.8, 4) is 11.5 Å². The summed E-state index contributed by atoms with van der Waals surface area (Å²) in [6, 6.07) is 10.1. The molecule has 0 saturated carbocycles. The van der Waals surface area contributed by atoms with Gasteiger partial charge in [-0.3, -0.25) is 0 Å². The van der Waals surface area contributed by atoms with E-state index in [0.29, 0.717) is 5.02 Å². The van der Waals surface area contributed by atoms with Crippen LogP contribution in [-0.2, 0) is 19.7 Å². The molecule has 148 valence electrons. The van der Waals surface area contributed by atoms with Crippen LogP contribution >= 0.6 is 11.6 Å². The average Bonchev–Trinajstić information content (AvgIpc) is 3.09. The fourth-order valence-electron chi connectivity index (χ4n) is 2.30. The van der Waals surface area contributed by atoms with Gasteiger partial charge in [0.25, 0.3) is 5.09 Å². The van der Waals surface area contributed by atoms with E-state index in [1.54, 1.807) is 0 Å². The lowest BCUT2D eigenvalue weighted by molar-refractivity contribution is 0.442. The number of nitrogens with zero attached hydrogens (tertiary/aromatic N) is 1. The number of oxazole rings is 1. The molecule has 0 aliphatic carbocycles. The number of hydrogen-bond acceptors (Lipinski definition) is 6. The van der Waals surface area contributed by atoms with Crippen molar-refractivity contribution in [3.63, 3.8) is 0 Å². The molecule has 0 N–H and O–H groups in total. The summed E-state index contributed by atoms with van der Waals surface area (Å²) in [4.78, 5) is 3.76. The minimum Gasteiger partial charge on any atom is -0.423 e. The number of halogens is 2. The summed E-state index contributed by atoms with van der Waals surface area (Å²) in [6.07, 6.45) is 0. The molecule has 0 bridgehead atoms. The summed E-state index contributed by atoms with van der Waals surface area (Å²) in [5.41, 5.74) is 0.235. The lowest BCUT2D eigenvalue weighted by Crippen LogP contribution is -2.17. The minimum atomic E-state index is -4.32. The zero-order valence-corrected chi connectivity index (χ0v) is 17.1. The van der Waals surface area contributed by atoms with E-state index >= 15 is 0 Å². The molecule has 0 aliphatic heterocycles. The Labute approximate surface area is 166 Å². The molecule has 3 aromatic rings. The van der Waals surface area contributed by atoms with E-state index < -0.39 is 40.9 Å². The van der Waals surface area contributed by atoms with Gasteiger partial charge in [0.15, 0.2) is 0 Å². The molecule has 0 amide bonds. The molecule has 0 aliphatic rings. The molecule has 0 radical (unpaired) electrons. The Balaban J connectivity index is 2.27. The van der Waals surface area contributed by atoms with Gasteiger partial charge in [0.05, 0.1) is 10.1 Å². The Morgan fingerprint density at radius 2 is 1.54 bits per heavy atom. The summed E-state index contributed by atoms with van der Waals surface area (Å²) in [6.45, 7) is 2.79. The van der Waals surface area contributed by atoms with Crippen LogP contribution < -0.4 is 0 Å². The van der Waals surface area contributed by atoms with Crippen LogP contribution in [-0.4, -0.2) is 27.1 Å². The molecule has 1 aromatic heterocycles. The van der Waals surface area contributed by atoms with Crippen molar-refractivity contribution in [2.24, 2.45) is 0 Å². The van der Waals surface area contributed by atoms with E-state index in [-0.39, 0.29) is 16.3 Å². The van der Waals surface area contributed by atoms with Crippen LogP contribution in [0, 0.1) is 5.82 Å². The Morgan fingerprint density at radius 3 is 2.07 bits per heavy atom. The third-order valence-corrected chi connectivity index (χ3v) is 8.01. The molecule has 6 nitrogen and oxygen atoms in total. The van der Waals surface area contributed by atoms with E-state index in [0.717, 1.165) is 12.1 Å². The Hall–Kier alpha value is -2.23. The Morgan fingerprint density at radius 1 is 0.964 bits per heavy atom. The van der Waals surface area contributed by atoms with Gasteiger partial charge in [-0.2, -0.15) is 4.98 Å². The second-order valence-corrected chi connectivity index (χ2v) is 10.9. The van der Waals surface area contributed by atoms with Crippen molar-refractivity contribution in [3.05, 3.63) is 59.4 Å². The van der Waals surface area contributed by atoms with Crippen molar-refractivity contribution in [2.75, 3.05) is 0 Å². The quantitative estimate of drug-likeness (QED) is 0.588. The highest BCUT2D eigenvalue weighted by atomic mass is 35.5. The molecule has 0 atom stereocenters. The summed E-state index contributed by atoms with van der Waals surface area (Å²) in [7, 11) is -8.43. The van der Waals surface area contributed by atoms with E-state index in [1.807, 2.05) is 0 Å². The highest BCUT2D eigenvalue weighted by Gasteiger charge is 2.36. The van der Waals surface area contributed by atoms with Gasteiger partial charge in [0.2, 0.25) is 30.6 Å². The van der Waals surface area contributed by atoms with Crippen LogP contribution in [0.3, 0.4) is 0 Å². The molecular weight excluding hydrogens is 429 g/mol. The topological polar surface area (TPSA) is 94.3 Å². The third-order valence-electron chi connectivity index (χ3n) is 3.92. The lowest BCUT2D eigenvalue weighted by Gasteiger charge is -2.07. The van der Waals surface area contributed by atoms with Crippen molar-refractivity contribution in [1.82, 2.24) is 4.98 Å². The molecule has 0 fully saturated rings. The highest BCUT2D eigenvalue weighted by molar-refractivity contribution is 7.94. The fourth-order valence-corrected chi connectivity index (χ4v) is 5.19. The van der Waals surface area contributed by atoms with Gasteiger partial charge in [-0.15, -0.1) is 0 Å². The summed E-state index contributed by atoms with van der Waals surface area (Å²) >= 11 is 5.79. The van der Waals surface area contributed by atoms with Gasteiger partial charge in [-0.05, 0) is 62.4 Å². The van der Waals surface area contributed by atoms with Crippen LogP contribution in [0.2, 0.25) is 5.02 Å². The lowest BCUT2D eigenvalue weighted by atomic mass is 10.2. The first kappa shape index (κ1) is 20.5. The van der Waals surface area contributed by atoms with Crippen LogP contribution in [0.15, 0.2) is 68.0 Å². The third kappa shape index (κ3) is 3.69. The SMILES string of the molecule is CC(C)S(=O)(=O)c1oc(-c2ccc(F)cc2)nc1S(=O)(=O)c1ccc(Cl)cc1. The molecule has 28 heavy (non-hydrogen) atoms. The molecule has 2 aromatic carbocycles. The largest absolute Gasteiger partial charge is 0.423 e. The normalized spacial score (nSPS) is 12.5. The Bertz CT molecular complexity index is 1220. The number of rotatable bonds is 5. The average molecular weight is 444 g/mol. The van der Waals surface area contributed by atoms with Gasteiger partial charge < -0.3 is 4.42 Å². The first-order valence-electron chi connectivity index (χ1n) is 8.05. The zero-order chi connectivity index (χ0) is 20.7. The van der Waals surface area contributed by atoms with E-state index in [9.17, 15) is 21.2 Å². The van der Waals surface area contributed by atoms with Gasteiger partial charge in [-0.25, -0.2) is 21.2 Å². The van der Waals surface area contributed by atoms with Crippen LogP contribution in [0.1, 0.15) is 13.8 Å². The molecule has 0 unspecified atom stereocenters. The monoisotopic (exact) mass is 443 g/mol. The van der Waals surface area contributed by atoms with Gasteiger partial charge in [-0.1, -0.05) is 11.6 Å². The maximum absolute atomic E-state index is 13.2. The maximum atomic E-state index is 13.2. The summed E-state index contributed by atoms with van der Waals surface area (Å²) in [5.74, 6) is -0.758. The zero-order valence-electron chi connectivity index (χ0n) is 14.8. The smallest absolute Gasteiger partial charge is 0.258 e. The predicted octanol–water partition coefficient (Wildman–Crippen LogP) is 4.15. The van der Waals surface area contributed by atoms with E-state index in [4.69, 9.17) is 16.0 Å². The standard InChI is InChI=1S/C18H15ClFNO5S2/c1-11(2)27(22,23)18-17(28(24,25)15-9-5-13(19)6-10-15)21-16(26-18)12-3-7-14(20)8-4-12/h3-11H,1-2H3. The first-order valence-corrected chi connectivity index (χ1v) is 11.5. The number of hydrogen-bond donors (Lipinski definition) is 0. The Kier molecular flexibility index (Phi) is 5.35. The highest BCUT2D eigenvalue weighted by Crippen LogP contribution is 2.33. The molecule has 3 rings (SSSR count).